The van der Waals surface area contributed by atoms with Gasteiger partial charge in [-0.25, -0.2) is 0 Å². The maximum atomic E-state index is 2.61. The van der Waals surface area contributed by atoms with Gasteiger partial charge in [0.1, 0.15) is 0 Å². The molecule has 0 aromatic heterocycles. The van der Waals surface area contributed by atoms with Gasteiger partial charge in [0.25, 0.3) is 0 Å². The molecule has 88 valence electrons. The second-order valence-corrected chi connectivity index (χ2v) is 24.9. The first-order chi connectivity index (χ1) is 6.62. The van der Waals surface area contributed by atoms with E-state index >= 15 is 0 Å². The third kappa shape index (κ3) is 4.17. The van der Waals surface area contributed by atoms with E-state index in [-0.39, 0.29) is 81.7 Å². The van der Waals surface area contributed by atoms with Crippen molar-refractivity contribution in [1.82, 2.24) is 0 Å². The SMILES string of the molecule is C[C]1=C(C)[C](C)([Zr][C]2=CC=CC2)[Sb]=[Sb]1.Cl.Cl. The van der Waals surface area contributed by atoms with Crippen LogP contribution in [0.4, 0.5) is 0 Å². The average molecular weight is 554 g/mol. The molecule has 1 heterocycles. The van der Waals surface area contributed by atoms with Crippen LogP contribution >= 0.6 is 24.8 Å². The van der Waals surface area contributed by atoms with Gasteiger partial charge in [0.2, 0.25) is 0 Å². The summed E-state index contributed by atoms with van der Waals surface area (Å²) in [5.41, 5.74) is 1.85. The van der Waals surface area contributed by atoms with Gasteiger partial charge in [0.05, 0.1) is 0 Å². The third-order valence-electron chi connectivity index (χ3n) is 2.85. The maximum absolute atomic E-state index is 2.61. The van der Waals surface area contributed by atoms with Gasteiger partial charge in [-0.15, -0.1) is 24.8 Å². The van der Waals surface area contributed by atoms with E-state index in [1.54, 1.807) is 0 Å². The predicted molar refractivity (Wildman–Crippen MR) is 74.6 cm³/mol. The van der Waals surface area contributed by atoms with Crippen molar-refractivity contribution in [1.29, 1.82) is 0 Å². The molecular formula is C11H16Cl2Sb2Zr. The smallest absolute Gasteiger partial charge is 0.147 e. The summed E-state index contributed by atoms with van der Waals surface area (Å²) in [6, 6.07) is 0. The molecule has 0 N–H and O–H groups in total. The Kier molecular flexibility index (Phi) is 8.93. The van der Waals surface area contributed by atoms with Crippen LogP contribution in [0, 0.1) is 0 Å². The Morgan fingerprint density at radius 1 is 1.31 bits per heavy atom. The van der Waals surface area contributed by atoms with Crippen LogP contribution in [0.3, 0.4) is 0 Å². The Morgan fingerprint density at radius 2 is 2.00 bits per heavy atom. The van der Waals surface area contributed by atoms with Gasteiger partial charge >= 0.3 is 116 Å². The topological polar surface area (TPSA) is 0 Å². The van der Waals surface area contributed by atoms with Gasteiger partial charge < -0.3 is 0 Å². The first-order valence-corrected chi connectivity index (χ1v) is 18.7. The van der Waals surface area contributed by atoms with Gasteiger partial charge in [-0.3, -0.25) is 0 Å². The van der Waals surface area contributed by atoms with E-state index in [2.05, 4.69) is 39.0 Å². The summed E-state index contributed by atoms with van der Waals surface area (Å²) in [6.07, 6.45) is 8.31. The van der Waals surface area contributed by atoms with Crippen molar-refractivity contribution < 1.29 is 23.2 Å². The van der Waals surface area contributed by atoms with Gasteiger partial charge in [-0.2, -0.15) is 0 Å². The largest absolute Gasteiger partial charge is 0.147 e. The number of hydrogen-bond donors (Lipinski definition) is 0. The minimum atomic E-state index is -0.266. The van der Waals surface area contributed by atoms with Crippen LogP contribution in [0.15, 0.2) is 30.6 Å². The summed E-state index contributed by atoms with van der Waals surface area (Å²) < 4.78 is 4.57. The molecule has 0 nitrogen and oxygen atoms in total. The zero-order chi connectivity index (χ0) is 10.2. The summed E-state index contributed by atoms with van der Waals surface area (Å²) in [5, 5.41) is 0. The number of allylic oxidation sites excluding steroid dienone is 6. The van der Waals surface area contributed by atoms with Crippen molar-refractivity contribution in [2.75, 3.05) is 0 Å². The summed E-state index contributed by atoms with van der Waals surface area (Å²) in [4.78, 5) is 0. The monoisotopic (exact) mass is 550 g/mol. The molecule has 1 aliphatic heterocycles. The van der Waals surface area contributed by atoms with E-state index in [4.69, 9.17) is 0 Å². The van der Waals surface area contributed by atoms with Crippen molar-refractivity contribution >= 4 is 58.5 Å². The fourth-order valence-electron chi connectivity index (χ4n) is 1.65. The second-order valence-electron chi connectivity index (χ2n) is 3.93. The molecular weight excluding hydrogens is 538 g/mol. The molecule has 2 rings (SSSR count). The molecule has 0 aromatic carbocycles. The molecule has 0 aromatic rings. The molecule has 2 aliphatic rings. The zero-order valence-corrected chi connectivity index (χ0v) is 18.8. The normalized spacial score (nSPS) is 26.3. The second kappa shape index (κ2) is 7.80. The molecule has 1 atom stereocenters. The Balaban J connectivity index is 0.00000112. The fourth-order valence-corrected chi connectivity index (χ4v) is 36.6. The molecule has 0 fully saturated rings. The molecule has 5 heteroatoms. The minimum Gasteiger partial charge on any atom is -0.147 e. The number of rotatable bonds is 2. The van der Waals surface area contributed by atoms with Crippen LogP contribution in [0.2, 0.25) is 1.07 Å². The summed E-state index contributed by atoms with van der Waals surface area (Å²) in [6.45, 7) is 7.48. The summed E-state index contributed by atoms with van der Waals surface area (Å²) in [5.74, 6) is 0. The summed E-state index contributed by atoms with van der Waals surface area (Å²) >= 11 is 0.155. The Morgan fingerprint density at radius 3 is 2.44 bits per heavy atom. The van der Waals surface area contributed by atoms with E-state index in [1.807, 2.05) is 12.4 Å². The van der Waals surface area contributed by atoms with Crippen molar-refractivity contribution in [2.45, 2.75) is 28.3 Å². The molecule has 0 spiro atoms. The van der Waals surface area contributed by atoms with Crippen LogP contribution in [0.1, 0.15) is 27.2 Å². The van der Waals surface area contributed by atoms with Gasteiger partial charge in [0.15, 0.2) is 0 Å². The Hall–Kier alpha value is 2.32. The van der Waals surface area contributed by atoms with E-state index in [0.717, 1.165) is 1.07 Å². The van der Waals surface area contributed by atoms with Crippen LogP contribution in [0.25, 0.3) is 0 Å². The molecule has 16 heavy (non-hydrogen) atoms. The van der Waals surface area contributed by atoms with E-state index in [0.29, 0.717) is 0 Å². The molecule has 0 amide bonds. The van der Waals surface area contributed by atoms with E-state index in [1.165, 1.54) is 6.42 Å². The van der Waals surface area contributed by atoms with Gasteiger partial charge in [0, 0.05) is 0 Å². The molecule has 0 saturated carbocycles. The van der Waals surface area contributed by atoms with Crippen LogP contribution in [0.5, 0.6) is 0 Å². The third-order valence-corrected chi connectivity index (χ3v) is 39.1. The average Bonchev–Trinajstić information content (AvgIpc) is 2.72. The van der Waals surface area contributed by atoms with Crippen molar-refractivity contribution in [3.05, 3.63) is 30.6 Å². The predicted octanol–water partition coefficient (Wildman–Crippen LogP) is 3.52. The number of halogens is 2. The molecule has 1 unspecified atom stereocenters. The van der Waals surface area contributed by atoms with E-state index in [9.17, 15) is 0 Å². The maximum Gasteiger partial charge on any atom is -0.147 e. The fraction of sp³-hybridized carbons (Fsp3) is 0.455. The first kappa shape index (κ1) is 18.3. The Labute approximate surface area is 138 Å². The standard InChI is InChI=1S/C6H9.C5H5.2ClH.2Sb.Zr/c1-4-6(3)5-2;1-2-4-5-3-1;;;;;/h1-3H3;1-3H,4H2;2*1H;;;. The van der Waals surface area contributed by atoms with Crippen molar-refractivity contribution in [2.24, 2.45) is 0 Å². The first-order valence-electron chi connectivity index (χ1n) is 4.86. The number of hydrogen-bond acceptors (Lipinski definition) is 0. The van der Waals surface area contributed by atoms with Gasteiger partial charge in [-0.1, -0.05) is 0 Å². The molecule has 0 bridgehead atoms. The minimum absolute atomic E-state index is 0. The summed E-state index contributed by atoms with van der Waals surface area (Å²) in [7, 11) is 0. The zero-order valence-electron chi connectivity index (χ0n) is 9.65. The van der Waals surface area contributed by atoms with Crippen molar-refractivity contribution in [3.8, 4) is 0 Å². The Bertz CT molecular complexity index is 385. The van der Waals surface area contributed by atoms with Gasteiger partial charge in [-0.05, 0) is 0 Å². The van der Waals surface area contributed by atoms with Crippen molar-refractivity contribution in [3.63, 3.8) is 0 Å². The quantitative estimate of drug-likeness (QED) is 0.459. The molecule has 1 aliphatic carbocycles. The van der Waals surface area contributed by atoms with Crippen LogP contribution < -0.4 is 0 Å². The molecule has 0 radical (unpaired) electrons. The van der Waals surface area contributed by atoms with E-state index < -0.39 is 0 Å². The molecule has 0 saturated heterocycles. The van der Waals surface area contributed by atoms with Crippen LogP contribution in [-0.4, -0.2) is 33.7 Å². The van der Waals surface area contributed by atoms with Crippen LogP contribution in [-0.2, 0) is 23.2 Å².